The van der Waals surface area contributed by atoms with Crippen LogP contribution in [0.4, 0.5) is 13.2 Å². The molecule has 2 aromatic carbocycles. The lowest BCUT2D eigenvalue weighted by Gasteiger charge is -2.29. The Morgan fingerprint density at radius 3 is 2.71 bits per heavy atom. The summed E-state index contributed by atoms with van der Waals surface area (Å²) < 4.78 is 47.7. The fourth-order valence-electron chi connectivity index (χ4n) is 4.60. The molecule has 2 heterocycles. The van der Waals surface area contributed by atoms with Gasteiger partial charge in [-0.1, -0.05) is 17.3 Å². The number of aromatic nitrogens is 2. The zero-order valence-electron chi connectivity index (χ0n) is 22.5. The van der Waals surface area contributed by atoms with Crippen LogP contribution >= 0.6 is 0 Å². The van der Waals surface area contributed by atoms with Gasteiger partial charge in [0.1, 0.15) is 11.8 Å². The van der Waals surface area contributed by atoms with Crippen LogP contribution in [0, 0.1) is 18.3 Å². The first-order valence-electron chi connectivity index (χ1n) is 12.9. The number of ether oxygens (including phenoxy) is 1. The van der Waals surface area contributed by atoms with E-state index in [2.05, 4.69) is 31.3 Å². The number of benzene rings is 2. The van der Waals surface area contributed by atoms with Crippen molar-refractivity contribution < 1.29 is 41.8 Å². The maximum Gasteiger partial charge on any atom is 0.495 e. The molecule has 1 atom stereocenters. The predicted molar refractivity (Wildman–Crippen MR) is 137 cm³/mol. The molecule has 13 heteroatoms. The Kier molecular flexibility index (Phi) is 8.92. The average molecular weight is 573 g/mol. The second kappa shape index (κ2) is 12.4. The lowest BCUT2D eigenvalue weighted by Crippen LogP contribution is -2.30. The first-order valence-corrected chi connectivity index (χ1v) is 12.9. The molecule has 0 saturated heterocycles. The highest BCUT2D eigenvalue weighted by Gasteiger charge is 2.43. The lowest BCUT2D eigenvalue weighted by atomic mass is 9.86. The average Bonchev–Trinajstić information content (AvgIpc) is 3.41. The summed E-state index contributed by atoms with van der Waals surface area (Å²) in [7, 11) is 0. The number of hydrogen-bond acceptors (Lipinski definition) is 10. The van der Waals surface area contributed by atoms with E-state index in [1.165, 1.54) is 0 Å². The van der Waals surface area contributed by atoms with Gasteiger partial charge in [-0.25, -0.2) is 19.4 Å². The van der Waals surface area contributed by atoms with Gasteiger partial charge < -0.3 is 14.6 Å². The van der Waals surface area contributed by atoms with E-state index >= 15 is 0 Å². The van der Waals surface area contributed by atoms with Gasteiger partial charge in [0.05, 0.1) is 18.1 Å². The topological polar surface area (TPSA) is 137 Å². The molecule has 0 aliphatic carbocycles. The molecule has 3 aromatic rings. The van der Waals surface area contributed by atoms with Crippen LogP contribution in [0.1, 0.15) is 61.4 Å². The zero-order chi connectivity index (χ0) is 29.7. The second-order valence-corrected chi connectivity index (χ2v) is 9.69. The third kappa shape index (κ3) is 7.01. The van der Waals surface area contributed by atoms with Crippen LogP contribution in [0.2, 0.25) is 0 Å². The molecule has 0 amide bonds. The fraction of sp³-hybridized carbons (Fsp3) is 0.393. The quantitative estimate of drug-likeness (QED) is 0.280. The van der Waals surface area contributed by atoms with E-state index in [9.17, 15) is 28.0 Å². The smallest absolute Gasteiger partial charge is 0.490 e. The number of nitrogens with one attached hydrogen (secondary N) is 1. The van der Waals surface area contributed by atoms with Gasteiger partial charge in [0.15, 0.2) is 0 Å². The molecule has 1 aliphatic heterocycles. The molecule has 1 N–H and O–H groups in total. The van der Waals surface area contributed by atoms with Gasteiger partial charge in [0.2, 0.25) is 5.82 Å². The summed E-state index contributed by atoms with van der Waals surface area (Å²) in [6, 6.07) is 10.9. The number of hydrogen-bond donors (Lipinski definition) is 1. The maximum absolute atomic E-state index is 12.2. The highest BCUT2D eigenvalue weighted by molar-refractivity contribution is 5.77. The van der Waals surface area contributed by atoms with Crippen LogP contribution in [0.3, 0.4) is 0 Å². The molecule has 216 valence electrons. The molecule has 4 rings (SSSR count). The molecule has 1 aromatic heterocycles. The van der Waals surface area contributed by atoms with Gasteiger partial charge in [-0.3, -0.25) is 0 Å². The van der Waals surface area contributed by atoms with E-state index < -0.39 is 18.1 Å². The summed E-state index contributed by atoms with van der Waals surface area (Å²) in [6.07, 6.45) is -4.02. The van der Waals surface area contributed by atoms with Gasteiger partial charge in [0.25, 0.3) is 5.89 Å². The van der Waals surface area contributed by atoms with Crippen molar-refractivity contribution in [3.8, 4) is 34.7 Å². The second-order valence-electron chi connectivity index (χ2n) is 9.69. The van der Waals surface area contributed by atoms with E-state index in [0.29, 0.717) is 42.1 Å². The van der Waals surface area contributed by atoms with Crippen LogP contribution in [0.15, 0.2) is 34.9 Å². The highest BCUT2D eigenvalue weighted by Crippen LogP contribution is 2.35. The number of carbonyl (C=O) groups is 2. The van der Waals surface area contributed by atoms with Crippen molar-refractivity contribution in [1.29, 1.82) is 5.26 Å². The summed E-state index contributed by atoms with van der Waals surface area (Å²) in [5.41, 5.74) is 4.82. The van der Waals surface area contributed by atoms with Gasteiger partial charge in [-0.2, -0.15) is 23.4 Å². The minimum Gasteiger partial charge on any atom is -0.490 e. The third-order valence-electron chi connectivity index (χ3n) is 6.47. The van der Waals surface area contributed by atoms with E-state index in [4.69, 9.17) is 9.26 Å². The Bertz CT molecular complexity index is 1480. The summed E-state index contributed by atoms with van der Waals surface area (Å²) >= 11 is 0. The number of fused-ring (bicyclic) bond motifs is 1. The molecular formula is C28H27F3N4O6. The van der Waals surface area contributed by atoms with Gasteiger partial charge in [-0.05, 0) is 81.5 Å². The Labute approximate surface area is 233 Å². The Morgan fingerprint density at radius 1 is 1.22 bits per heavy atom. The third-order valence-corrected chi connectivity index (χ3v) is 6.47. The van der Waals surface area contributed by atoms with Crippen molar-refractivity contribution >= 4 is 11.9 Å². The molecule has 0 saturated carbocycles. The molecule has 10 nitrogen and oxygen atoms in total. The Balaban J connectivity index is 1.44. The standard InChI is InChI=1S/C28H27F3N4O6/c1-15(2)38-23-10-7-17(13-18(23)14-32)26-34-25(35-39-26)20-8-9-21-19(16(20)3)11-12-33-22(21)5-4-6-24(36)40-41-27(37)28(29,30)31/h7-10,13,15,22,33H,4-6,11-12H2,1-3H3. The van der Waals surface area contributed by atoms with Crippen LogP contribution < -0.4 is 10.1 Å². The first-order chi connectivity index (χ1) is 19.5. The van der Waals surface area contributed by atoms with E-state index in [1.54, 1.807) is 18.2 Å². The fourth-order valence-corrected chi connectivity index (χ4v) is 4.60. The summed E-state index contributed by atoms with van der Waals surface area (Å²) in [6.45, 7) is 6.39. The highest BCUT2D eigenvalue weighted by atomic mass is 19.4. The molecule has 41 heavy (non-hydrogen) atoms. The molecule has 0 radical (unpaired) electrons. The number of halogens is 3. The van der Waals surface area contributed by atoms with Crippen molar-refractivity contribution in [2.45, 2.75) is 64.8 Å². The number of nitriles is 1. The number of nitrogens with zero attached hydrogens (tertiary/aromatic N) is 3. The number of alkyl halides is 3. The van der Waals surface area contributed by atoms with Gasteiger partial charge in [-0.15, -0.1) is 0 Å². The number of carbonyl (C=O) groups excluding carboxylic acids is 2. The number of rotatable bonds is 8. The van der Waals surface area contributed by atoms with Crippen molar-refractivity contribution in [2.75, 3.05) is 6.54 Å². The molecule has 0 spiro atoms. The van der Waals surface area contributed by atoms with Crippen molar-refractivity contribution in [1.82, 2.24) is 15.5 Å². The molecule has 0 fully saturated rings. The largest absolute Gasteiger partial charge is 0.495 e. The molecular weight excluding hydrogens is 545 g/mol. The monoisotopic (exact) mass is 572 g/mol. The minimum absolute atomic E-state index is 0.0839. The van der Waals surface area contributed by atoms with Crippen molar-refractivity contribution in [3.63, 3.8) is 0 Å². The van der Waals surface area contributed by atoms with Crippen LogP contribution in [-0.2, 0) is 25.8 Å². The summed E-state index contributed by atoms with van der Waals surface area (Å²) in [5.74, 6) is -2.53. The van der Waals surface area contributed by atoms with E-state index in [1.807, 2.05) is 32.9 Å². The molecule has 1 unspecified atom stereocenters. The summed E-state index contributed by atoms with van der Waals surface area (Å²) in [4.78, 5) is 34.4. The predicted octanol–water partition coefficient (Wildman–Crippen LogP) is 5.29. The van der Waals surface area contributed by atoms with Crippen LogP contribution in [0.25, 0.3) is 22.8 Å². The molecule has 1 aliphatic rings. The van der Waals surface area contributed by atoms with Crippen LogP contribution in [0.5, 0.6) is 5.75 Å². The van der Waals surface area contributed by atoms with Crippen molar-refractivity contribution in [2.24, 2.45) is 0 Å². The normalized spacial score (nSPS) is 14.7. The lowest BCUT2D eigenvalue weighted by molar-refractivity contribution is -0.285. The van der Waals surface area contributed by atoms with Crippen LogP contribution in [-0.4, -0.2) is 40.9 Å². The van der Waals surface area contributed by atoms with E-state index in [0.717, 1.165) is 28.7 Å². The minimum atomic E-state index is -5.25. The van der Waals surface area contributed by atoms with E-state index in [-0.39, 0.29) is 24.5 Å². The van der Waals surface area contributed by atoms with Crippen molar-refractivity contribution in [3.05, 3.63) is 52.6 Å². The Morgan fingerprint density at radius 2 is 2.00 bits per heavy atom. The maximum atomic E-state index is 12.2. The Hall–Kier alpha value is -4.44. The first kappa shape index (κ1) is 29.5. The zero-order valence-corrected chi connectivity index (χ0v) is 22.5. The SMILES string of the molecule is Cc1c(-c2noc(-c3ccc(OC(C)C)c(C#N)c3)n2)ccc2c1CCNC2CCCC(=O)OOC(=O)C(F)(F)F. The van der Waals surface area contributed by atoms with Gasteiger partial charge >= 0.3 is 18.1 Å². The molecule has 0 bridgehead atoms. The summed E-state index contributed by atoms with van der Waals surface area (Å²) in [5, 5.41) is 17.1. The van der Waals surface area contributed by atoms with Gasteiger partial charge in [0, 0.05) is 17.2 Å².